The number of carbonyl (C=O) groups excluding carboxylic acids is 2. The standard InChI is InChI=1S/C20H18N4O4/c1-13(19(26)23-11-10-14-6-2-5-9-17(14)23)28-18(25)12-24-20(27)15-7-3-4-8-16(15)21-22-24/h2-9,13H,10-12H2,1H3/t13-/m1/s1. The highest BCUT2D eigenvalue weighted by molar-refractivity contribution is 5.99. The molecule has 1 aliphatic heterocycles. The number of rotatable bonds is 4. The average Bonchev–Trinajstić information content (AvgIpc) is 3.14. The summed E-state index contributed by atoms with van der Waals surface area (Å²) in [4.78, 5) is 39.0. The predicted molar refractivity (Wildman–Crippen MR) is 102 cm³/mol. The molecule has 142 valence electrons. The van der Waals surface area contributed by atoms with Crippen molar-refractivity contribution in [2.75, 3.05) is 11.4 Å². The van der Waals surface area contributed by atoms with Gasteiger partial charge in [0.1, 0.15) is 12.1 Å². The van der Waals surface area contributed by atoms with Crippen molar-refractivity contribution in [3.63, 3.8) is 0 Å². The van der Waals surface area contributed by atoms with Crippen LogP contribution >= 0.6 is 0 Å². The van der Waals surface area contributed by atoms with Gasteiger partial charge in [0, 0.05) is 12.2 Å². The third kappa shape index (κ3) is 3.24. The van der Waals surface area contributed by atoms with Gasteiger partial charge >= 0.3 is 5.97 Å². The molecule has 4 rings (SSSR count). The van der Waals surface area contributed by atoms with Crippen LogP contribution in [0.4, 0.5) is 5.69 Å². The Bertz CT molecular complexity index is 1120. The van der Waals surface area contributed by atoms with Crippen LogP contribution in [0.5, 0.6) is 0 Å². The number of hydrogen-bond acceptors (Lipinski definition) is 6. The first kappa shape index (κ1) is 17.8. The van der Waals surface area contributed by atoms with Crippen molar-refractivity contribution in [1.82, 2.24) is 15.0 Å². The van der Waals surface area contributed by atoms with E-state index in [1.54, 1.807) is 29.2 Å². The van der Waals surface area contributed by atoms with E-state index in [-0.39, 0.29) is 5.91 Å². The summed E-state index contributed by atoms with van der Waals surface area (Å²) < 4.78 is 6.19. The highest BCUT2D eigenvalue weighted by Gasteiger charge is 2.29. The fourth-order valence-corrected chi connectivity index (χ4v) is 3.32. The monoisotopic (exact) mass is 378 g/mol. The van der Waals surface area contributed by atoms with Crippen molar-refractivity contribution in [3.8, 4) is 0 Å². The molecule has 8 heteroatoms. The smallest absolute Gasteiger partial charge is 0.328 e. The summed E-state index contributed by atoms with van der Waals surface area (Å²) in [5, 5.41) is 8.06. The zero-order chi connectivity index (χ0) is 19.7. The molecule has 1 aromatic heterocycles. The van der Waals surface area contributed by atoms with Crippen LogP contribution in [0.15, 0.2) is 53.3 Å². The number of benzene rings is 2. The summed E-state index contributed by atoms with van der Waals surface area (Å²) in [6.45, 7) is 1.66. The van der Waals surface area contributed by atoms with Crippen LogP contribution in [-0.2, 0) is 27.3 Å². The largest absolute Gasteiger partial charge is 0.451 e. The van der Waals surface area contributed by atoms with Crippen LogP contribution in [0.3, 0.4) is 0 Å². The van der Waals surface area contributed by atoms with Gasteiger partial charge in [-0.2, -0.15) is 4.68 Å². The van der Waals surface area contributed by atoms with Gasteiger partial charge in [0.25, 0.3) is 11.5 Å². The van der Waals surface area contributed by atoms with Crippen LogP contribution < -0.4 is 10.5 Å². The van der Waals surface area contributed by atoms with E-state index >= 15 is 0 Å². The van der Waals surface area contributed by atoms with Crippen molar-refractivity contribution < 1.29 is 14.3 Å². The number of ether oxygens (including phenoxy) is 1. The molecule has 1 aliphatic rings. The summed E-state index contributed by atoms with van der Waals surface area (Å²) in [6, 6.07) is 14.4. The van der Waals surface area contributed by atoms with Gasteiger partial charge in [0.2, 0.25) is 0 Å². The van der Waals surface area contributed by atoms with E-state index in [1.165, 1.54) is 6.92 Å². The maximum Gasteiger partial charge on any atom is 0.328 e. The molecule has 0 aliphatic carbocycles. The van der Waals surface area contributed by atoms with Gasteiger partial charge < -0.3 is 9.64 Å². The third-order valence-corrected chi connectivity index (χ3v) is 4.72. The summed E-state index contributed by atoms with van der Waals surface area (Å²) in [7, 11) is 0. The van der Waals surface area contributed by atoms with Crippen LogP contribution in [-0.4, -0.2) is 39.5 Å². The lowest BCUT2D eigenvalue weighted by molar-refractivity contribution is -0.154. The molecule has 3 aromatic rings. The van der Waals surface area contributed by atoms with Crippen LogP contribution in [0.25, 0.3) is 10.9 Å². The third-order valence-electron chi connectivity index (χ3n) is 4.72. The van der Waals surface area contributed by atoms with Crippen LogP contribution in [0.1, 0.15) is 12.5 Å². The first-order valence-electron chi connectivity index (χ1n) is 8.96. The molecule has 0 N–H and O–H groups in total. The molecule has 28 heavy (non-hydrogen) atoms. The number of anilines is 1. The van der Waals surface area contributed by atoms with E-state index in [9.17, 15) is 14.4 Å². The van der Waals surface area contributed by atoms with E-state index < -0.39 is 24.2 Å². The molecule has 0 radical (unpaired) electrons. The highest BCUT2D eigenvalue weighted by Crippen LogP contribution is 2.28. The van der Waals surface area contributed by atoms with Gasteiger partial charge in [-0.1, -0.05) is 35.5 Å². The van der Waals surface area contributed by atoms with Gasteiger partial charge in [-0.15, -0.1) is 5.10 Å². The lowest BCUT2D eigenvalue weighted by Gasteiger charge is -2.21. The van der Waals surface area contributed by atoms with Gasteiger partial charge in [-0.3, -0.25) is 14.4 Å². The fraction of sp³-hybridized carbons (Fsp3) is 0.250. The predicted octanol–water partition coefficient (Wildman–Crippen LogP) is 1.31. The normalized spacial score (nSPS) is 14.0. The van der Waals surface area contributed by atoms with Gasteiger partial charge in [0.05, 0.1) is 5.39 Å². The zero-order valence-electron chi connectivity index (χ0n) is 15.2. The Labute approximate surface area is 160 Å². The highest BCUT2D eigenvalue weighted by atomic mass is 16.5. The number of esters is 1. The Kier molecular flexibility index (Phi) is 4.60. The molecule has 1 atom stereocenters. The molecule has 1 amide bonds. The average molecular weight is 378 g/mol. The molecule has 8 nitrogen and oxygen atoms in total. The maximum absolute atomic E-state index is 12.7. The molecule has 0 saturated carbocycles. The van der Waals surface area contributed by atoms with E-state index in [0.717, 1.165) is 22.4 Å². The summed E-state index contributed by atoms with van der Waals surface area (Å²) in [5.74, 6) is -1.02. The quantitative estimate of drug-likeness (QED) is 0.636. The van der Waals surface area contributed by atoms with Crippen LogP contribution in [0.2, 0.25) is 0 Å². The Morgan fingerprint density at radius 1 is 1.14 bits per heavy atom. The fourth-order valence-electron chi connectivity index (χ4n) is 3.32. The van der Waals surface area contributed by atoms with Crippen LogP contribution in [0, 0.1) is 0 Å². The van der Waals surface area contributed by atoms with E-state index in [2.05, 4.69) is 10.3 Å². The van der Waals surface area contributed by atoms with Gasteiger partial charge in [-0.05, 0) is 37.1 Å². The van der Waals surface area contributed by atoms with Crippen molar-refractivity contribution in [2.24, 2.45) is 0 Å². The minimum absolute atomic E-state index is 0.296. The summed E-state index contributed by atoms with van der Waals surface area (Å²) in [5.41, 5.74) is 1.95. The number of para-hydroxylation sites is 1. The second kappa shape index (κ2) is 7.22. The Morgan fingerprint density at radius 3 is 2.75 bits per heavy atom. The minimum atomic E-state index is -0.970. The zero-order valence-corrected chi connectivity index (χ0v) is 15.2. The molecule has 0 fully saturated rings. The maximum atomic E-state index is 12.7. The first-order valence-corrected chi connectivity index (χ1v) is 8.96. The summed E-state index contributed by atoms with van der Waals surface area (Å²) in [6.07, 6.45) is -0.201. The van der Waals surface area contributed by atoms with E-state index in [4.69, 9.17) is 4.74 Å². The molecule has 2 aromatic carbocycles. The van der Waals surface area contributed by atoms with Gasteiger partial charge in [-0.25, -0.2) is 0 Å². The van der Waals surface area contributed by atoms with E-state index in [1.807, 2.05) is 24.3 Å². The lowest BCUT2D eigenvalue weighted by atomic mass is 10.2. The first-order chi connectivity index (χ1) is 13.5. The van der Waals surface area contributed by atoms with Crippen molar-refractivity contribution in [3.05, 3.63) is 64.4 Å². The Hall–Kier alpha value is -3.55. The SMILES string of the molecule is C[C@@H](OC(=O)Cn1nnc2ccccc2c1=O)C(=O)N1CCc2ccccc21. The lowest BCUT2D eigenvalue weighted by Crippen LogP contribution is -2.40. The van der Waals surface area contributed by atoms with Gasteiger partial charge in [0.15, 0.2) is 6.10 Å². The van der Waals surface area contributed by atoms with Crippen molar-refractivity contribution >= 4 is 28.5 Å². The number of aromatic nitrogens is 3. The minimum Gasteiger partial charge on any atom is -0.451 e. The summed E-state index contributed by atoms with van der Waals surface area (Å²) >= 11 is 0. The van der Waals surface area contributed by atoms with Crippen molar-refractivity contribution in [2.45, 2.75) is 26.0 Å². The number of nitrogens with zero attached hydrogens (tertiary/aromatic N) is 4. The van der Waals surface area contributed by atoms with E-state index in [0.29, 0.717) is 17.4 Å². The van der Waals surface area contributed by atoms with Crippen molar-refractivity contribution in [1.29, 1.82) is 0 Å². The molecule has 0 unspecified atom stereocenters. The topological polar surface area (TPSA) is 94.4 Å². The molecular weight excluding hydrogens is 360 g/mol. The number of carbonyl (C=O) groups is 2. The molecule has 0 bridgehead atoms. The molecule has 2 heterocycles. The second-order valence-corrected chi connectivity index (χ2v) is 6.57. The molecular formula is C20H18N4O4. The number of hydrogen-bond donors (Lipinski definition) is 0. The number of fused-ring (bicyclic) bond motifs is 2. The number of amides is 1. The Morgan fingerprint density at radius 2 is 1.89 bits per heavy atom. The molecule has 0 spiro atoms. The second-order valence-electron chi connectivity index (χ2n) is 6.57. The Balaban J connectivity index is 1.45. The molecule has 0 saturated heterocycles.